The van der Waals surface area contributed by atoms with Gasteiger partial charge in [-0.05, 0) is 76.4 Å². The van der Waals surface area contributed by atoms with Gasteiger partial charge in [-0.25, -0.2) is 0 Å². The number of allylic oxidation sites excluding steroid dienone is 1. The van der Waals surface area contributed by atoms with Crippen molar-refractivity contribution in [2.24, 2.45) is 0 Å². The summed E-state index contributed by atoms with van der Waals surface area (Å²) in [5.41, 5.74) is 7.26. The average Bonchev–Trinajstić information content (AvgIpc) is 2.82. The number of anilines is 1. The molecule has 2 aromatic carbocycles. The van der Waals surface area contributed by atoms with E-state index in [1.54, 1.807) is 10.6 Å². The number of pyridine rings is 2. The molecule has 33 heavy (non-hydrogen) atoms. The van der Waals surface area contributed by atoms with E-state index in [0.717, 1.165) is 68.3 Å². The number of fused-ring (bicyclic) bond motifs is 4. The number of hydrogen-bond acceptors (Lipinski definition) is 3. The van der Waals surface area contributed by atoms with Gasteiger partial charge in [0.15, 0.2) is 0 Å². The van der Waals surface area contributed by atoms with Crippen LogP contribution >= 0.6 is 0 Å². The summed E-state index contributed by atoms with van der Waals surface area (Å²) in [4.78, 5) is 32.9. The molecule has 5 nitrogen and oxygen atoms in total. The van der Waals surface area contributed by atoms with Crippen molar-refractivity contribution < 1.29 is 4.79 Å². The third kappa shape index (κ3) is 3.54. The highest BCUT2D eigenvalue weighted by atomic mass is 16.2. The maximum Gasteiger partial charge on any atom is 0.255 e. The van der Waals surface area contributed by atoms with Crippen molar-refractivity contribution in [1.82, 2.24) is 9.55 Å². The normalized spacial score (nSPS) is 13.3. The van der Waals surface area contributed by atoms with Crippen LogP contribution in [0.3, 0.4) is 0 Å². The van der Waals surface area contributed by atoms with Crippen molar-refractivity contribution >= 4 is 33.4 Å². The number of aryl methyl sites for hydroxylation is 2. The summed E-state index contributed by atoms with van der Waals surface area (Å²) in [6.07, 6.45) is 3.66. The first-order valence-corrected chi connectivity index (χ1v) is 11.4. The second-order valence-corrected chi connectivity index (χ2v) is 9.09. The Morgan fingerprint density at radius 3 is 2.61 bits per heavy atom. The van der Waals surface area contributed by atoms with Crippen LogP contribution in [0.5, 0.6) is 0 Å². The number of amides is 1. The van der Waals surface area contributed by atoms with Crippen LogP contribution in [0.2, 0.25) is 0 Å². The lowest BCUT2D eigenvalue weighted by atomic mass is 9.99. The van der Waals surface area contributed by atoms with Gasteiger partial charge in [-0.3, -0.25) is 19.1 Å². The first-order valence-electron chi connectivity index (χ1n) is 11.4. The van der Waals surface area contributed by atoms with Crippen LogP contribution in [0.4, 0.5) is 5.69 Å². The lowest BCUT2D eigenvalue weighted by Crippen LogP contribution is -2.36. The Kier molecular flexibility index (Phi) is 5.12. The van der Waals surface area contributed by atoms with Crippen LogP contribution in [-0.4, -0.2) is 22.0 Å². The lowest BCUT2D eigenvalue weighted by molar-refractivity contribution is -0.115. The molecule has 0 fully saturated rings. The van der Waals surface area contributed by atoms with E-state index in [1.165, 1.54) is 0 Å². The molecule has 0 N–H and O–H groups in total. The standard InChI is InChI=1S/C28H27N3O2/c1-17(2)19(4)28(33)30-13-5-6-20-8-10-22(15-25(20)30)31-26(32)12-9-21-16-29-24-11-7-18(3)14-23(24)27(21)31/h7-12,14-16H,5-6,13H2,1-4H3. The molecule has 1 amide bonds. The van der Waals surface area contributed by atoms with Crippen LogP contribution < -0.4 is 10.5 Å². The van der Waals surface area contributed by atoms with E-state index < -0.39 is 0 Å². The third-order valence-electron chi connectivity index (χ3n) is 6.63. The van der Waals surface area contributed by atoms with Crippen molar-refractivity contribution in [3.8, 4) is 5.69 Å². The smallest absolute Gasteiger partial charge is 0.255 e. The summed E-state index contributed by atoms with van der Waals surface area (Å²) < 4.78 is 1.75. The molecule has 0 unspecified atom stereocenters. The van der Waals surface area contributed by atoms with Gasteiger partial charge in [-0.1, -0.05) is 23.3 Å². The molecule has 0 saturated carbocycles. The molecule has 0 atom stereocenters. The number of rotatable bonds is 2. The second-order valence-electron chi connectivity index (χ2n) is 9.09. The minimum absolute atomic E-state index is 0.0311. The molecule has 1 aliphatic heterocycles. The highest BCUT2D eigenvalue weighted by Gasteiger charge is 2.25. The molecule has 166 valence electrons. The van der Waals surface area contributed by atoms with E-state index in [0.29, 0.717) is 6.54 Å². The highest BCUT2D eigenvalue weighted by Crippen LogP contribution is 2.32. The zero-order valence-electron chi connectivity index (χ0n) is 19.5. The van der Waals surface area contributed by atoms with Gasteiger partial charge < -0.3 is 4.90 Å². The Bertz CT molecular complexity index is 1520. The molecule has 0 spiro atoms. The summed E-state index contributed by atoms with van der Waals surface area (Å²) in [6, 6.07) is 15.5. The molecule has 0 radical (unpaired) electrons. The van der Waals surface area contributed by atoms with Crippen molar-refractivity contribution in [2.75, 3.05) is 11.4 Å². The zero-order chi connectivity index (χ0) is 23.3. The van der Waals surface area contributed by atoms with Gasteiger partial charge >= 0.3 is 0 Å². The van der Waals surface area contributed by atoms with Crippen LogP contribution in [0.1, 0.15) is 38.3 Å². The van der Waals surface area contributed by atoms with E-state index in [2.05, 4.69) is 17.1 Å². The molecule has 5 heteroatoms. The minimum Gasteiger partial charge on any atom is -0.308 e. The Morgan fingerprint density at radius 2 is 1.82 bits per heavy atom. The summed E-state index contributed by atoms with van der Waals surface area (Å²) in [5, 5.41) is 1.84. The van der Waals surface area contributed by atoms with Gasteiger partial charge in [0.2, 0.25) is 0 Å². The number of aromatic nitrogens is 2. The fourth-order valence-electron chi connectivity index (χ4n) is 4.61. The summed E-state index contributed by atoms with van der Waals surface area (Å²) in [7, 11) is 0. The van der Waals surface area contributed by atoms with Crippen molar-refractivity contribution in [3.63, 3.8) is 0 Å². The average molecular weight is 438 g/mol. The van der Waals surface area contributed by atoms with Gasteiger partial charge in [0, 0.05) is 40.8 Å². The molecule has 0 aliphatic carbocycles. The van der Waals surface area contributed by atoms with Crippen LogP contribution in [0.15, 0.2) is 70.7 Å². The Balaban J connectivity index is 1.77. The van der Waals surface area contributed by atoms with E-state index in [-0.39, 0.29) is 11.5 Å². The summed E-state index contributed by atoms with van der Waals surface area (Å²) >= 11 is 0. The zero-order valence-corrected chi connectivity index (χ0v) is 19.5. The van der Waals surface area contributed by atoms with Crippen LogP contribution in [-0.2, 0) is 11.2 Å². The molecule has 5 rings (SSSR count). The van der Waals surface area contributed by atoms with E-state index in [4.69, 9.17) is 0 Å². The summed E-state index contributed by atoms with van der Waals surface area (Å²) in [6.45, 7) is 8.52. The molecule has 4 aromatic rings. The number of hydrogen-bond donors (Lipinski definition) is 0. The molecular formula is C28H27N3O2. The van der Waals surface area contributed by atoms with Crippen molar-refractivity contribution in [3.05, 3.63) is 87.4 Å². The Labute approximate surface area is 193 Å². The van der Waals surface area contributed by atoms with Gasteiger partial charge in [-0.15, -0.1) is 0 Å². The SMILES string of the molecule is CC(C)=C(C)C(=O)N1CCCc2ccc(-n3c(=O)ccc4cnc5ccc(C)cc5c43)cc21. The minimum atomic E-state index is -0.106. The molecule has 3 heterocycles. The first-order chi connectivity index (χ1) is 15.8. The number of benzene rings is 2. The fraction of sp³-hybridized carbons (Fsp3) is 0.250. The van der Waals surface area contributed by atoms with Crippen molar-refractivity contribution in [2.45, 2.75) is 40.5 Å². The topological polar surface area (TPSA) is 55.2 Å². The van der Waals surface area contributed by atoms with Gasteiger partial charge in [0.25, 0.3) is 11.5 Å². The highest BCUT2D eigenvalue weighted by molar-refractivity contribution is 6.07. The van der Waals surface area contributed by atoms with Crippen molar-refractivity contribution in [1.29, 1.82) is 0 Å². The first kappa shape index (κ1) is 21.1. The second kappa shape index (κ2) is 8.00. The van der Waals surface area contributed by atoms with Gasteiger partial charge in [0.05, 0.1) is 16.7 Å². The largest absolute Gasteiger partial charge is 0.308 e. The molecule has 1 aliphatic rings. The lowest BCUT2D eigenvalue weighted by Gasteiger charge is -2.31. The molecular weight excluding hydrogens is 410 g/mol. The number of nitrogens with zero attached hydrogens (tertiary/aromatic N) is 3. The quantitative estimate of drug-likeness (QED) is 0.308. The fourth-order valence-corrected chi connectivity index (χ4v) is 4.61. The van der Waals surface area contributed by atoms with Crippen LogP contribution in [0, 0.1) is 6.92 Å². The number of carbonyl (C=O) groups is 1. The predicted octanol–water partition coefficient (Wildman–Crippen LogP) is 5.48. The molecule has 0 saturated heterocycles. The molecule has 2 aromatic heterocycles. The maximum absolute atomic E-state index is 13.2. The Morgan fingerprint density at radius 1 is 1.00 bits per heavy atom. The van der Waals surface area contributed by atoms with E-state index in [1.807, 2.05) is 69.1 Å². The van der Waals surface area contributed by atoms with Crippen LogP contribution in [0.25, 0.3) is 27.5 Å². The monoisotopic (exact) mass is 437 g/mol. The number of carbonyl (C=O) groups excluding carboxylic acids is 1. The van der Waals surface area contributed by atoms with Gasteiger partial charge in [0.1, 0.15) is 0 Å². The molecule has 0 bridgehead atoms. The third-order valence-corrected chi connectivity index (χ3v) is 6.63. The van der Waals surface area contributed by atoms with E-state index in [9.17, 15) is 9.59 Å². The maximum atomic E-state index is 13.2. The van der Waals surface area contributed by atoms with Gasteiger partial charge in [-0.2, -0.15) is 0 Å². The Hall–Kier alpha value is -3.73. The summed E-state index contributed by atoms with van der Waals surface area (Å²) in [5.74, 6) is 0.0311. The predicted molar refractivity (Wildman–Crippen MR) is 134 cm³/mol. The van der Waals surface area contributed by atoms with E-state index >= 15 is 0 Å².